The molecule has 0 unspecified atom stereocenters. The highest BCUT2D eigenvalue weighted by atomic mass is 32.2. The number of non-ortho nitro benzene ring substituents is 1. The van der Waals surface area contributed by atoms with Crippen LogP contribution in [0.5, 0.6) is 5.75 Å². The van der Waals surface area contributed by atoms with Crippen molar-refractivity contribution in [2.45, 2.75) is 5.03 Å². The first-order chi connectivity index (χ1) is 9.77. The fourth-order valence-corrected chi connectivity index (χ4v) is 1.93. The SMILES string of the molecule is CS(=O)(=O)c1ccn(C(=O)Oc2ccc([N+](=O)[O-])cc2)n1. The first kappa shape index (κ1) is 14.7. The number of carbonyl (C=O) groups excluding carboxylic acids is 1. The van der Waals surface area contributed by atoms with Gasteiger partial charge in [0.1, 0.15) is 5.75 Å². The lowest BCUT2D eigenvalue weighted by molar-refractivity contribution is -0.384. The summed E-state index contributed by atoms with van der Waals surface area (Å²) in [4.78, 5) is 21.6. The van der Waals surface area contributed by atoms with Crippen LogP contribution in [0.1, 0.15) is 0 Å². The van der Waals surface area contributed by atoms with Crippen LogP contribution < -0.4 is 4.74 Å². The highest BCUT2D eigenvalue weighted by Crippen LogP contribution is 2.17. The summed E-state index contributed by atoms with van der Waals surface area (Å²) in [6.45, 7) is 0. The average molecular weight is 311 g/mol. The molecule has 2 rings (SSSR count). The van der Waals surface area contributed by atoms with Crippen molar-refractivity contribution in [2.24, 2.45) is 0 Å². The van der Waals surface area contributed by atoms with E-state index in [1.54, 1.807) is 0 Å². The summed E-state index contributed by atoms with van der Waals surface area (Å²) < 4.78 is 28.1. The number of nitro benzene ring substituents is 1. The molecule has 0 aliphatic rings. The number of carbonyl (C=O) groups is 1. The zero-order valence-electron chi connectivity index (χ0n) is 10.7. The van der Waals surface area contributed by atoms with Crippen LogP contribution in [0.25, 0.3) is 0 Å². The molecule has 0 saturated carbocycles. The van der Waals surface area contributed by atoms with E-state index in [1.165, 1.54) is 24.3 Å². The van der Waals surface area contributed by atoms with Crippen molar-refractivity contribution >= 4 is 21.6 Å². The molecule has 9 nitrogen and oxygen atoms in total. The van der Waals surface area contributed by atoms with Crippen LogP contribution >= 0.6 is 0 Å². The minimum atomic E-state index is -3.52. The fourth-order valence-electron chi connectivity index (χ4n) is 1.39. The van der Waals surface area contributed by atoms with Gasteiger partial charge in [-0.05, 0) is 18.2 Å². The topological polar surface area (TPSA) is 121 Å². The minimum Gasteiger partial charge on any atom is -0.409 e. The first-order valence-electron chi connectivity index (χ1n) is 5.50. The molecule has 1 heterocycles. The van der Waals surface area contributed by atoms with Gasteiger partial charge < -0.3 is 4.74 Å². The zero-order valence-corrected chi connectivity index (χ0v) is 11.5. The lowest BCUT2D eigenvalue weighted by Gasteiger charge is -2.03. The molecule has 10 heteroatoms. The van der Waals surface area contributed by atoms with E-state index in [0.717, 1.165) is 23.2 Å². The third-order valence-corrected chi connectivity index (χ3v) is 3.36. The Balaban J connectivity index is 2.14. The van der Waals surface area contributed by atoms with Gasteiger partial charge in [-0.3, -0.25) is 10.1 Å². The van der Waals surface area contributed by atoms with Crippen LogP contribution in [0, 0.1) is 10.1 Å². The van der Waals surface area contributed by atoms with Crippen molar-refractivity contribution in [3.63, 3.8) is 0 Å². The van der Waals surface area contributed by atoms with Gasteiger partial charge in [-0.25, -0.2) is 13.2 Å². The molecule has 0 aliphatic heterocycles. The molecule has 110 valence electrons. The number of rotatable bonds is 3. The molecular formula is C11H9N3O6S. The summed E-state index contributed by atoms with van der Waals surface area (Å²) in [6.07, 6.45) is 1.17. The largest absolute Gasteiger partial charge is 0.440 e. The highest BCUT2D eigenvalue weighted by Gasteiger charge is 2.15. The van der Waals surface area contributed by atoms with Crippen LogP contribution in [0.4, 0.5) is 10.5 Å². The van der Waals surface area contributed by atoms with Crippen LogP contribution in [-0.2, 0) is 9.84 Å². The summed E-state index contributed by atoms with van der Waals surface area (Å²) >= 11 is 0. The monoisotopic (exact) mass is 311 g/mol. The van der Waals surface area contributed by atoms with E-state index in [-0.39, 0.29) is 16.5 Å². The number of sulfone groups is 1. The number of benzene rings is 1. The Morgan fingerprint density at radius 1 is 1.29 bits per heavy atom. The predicted molar refractivity (Wildman–Crippen MR) is 69.9 cm³/mol. The van der Waals surface area contributed by atoms with Gasteiger partial charge in [0.15, 0.2) is 14.9 Å². The minimum absolute atomic E-state index is 0.0713. The summed E-state index contributed by atoms with van der Waals surface area (Å²) in [5.41, 5.74) is -0.145. The first-order valence-corrected chi connectivity index (χ1v) is 7.39. The number of aromatic nitrogens is 2. The van der Waals surface area contributed by atoms with E-state index >= 15 is 0 Å². The Hall–Kier alpha value is -2.75. The number of hydrogen-bond acceptors (Lipinski definition) is 7. The van der Waals surface area contributed by atoms with Crippen molar-refractivity contribution in [1.82, 2.24) is 9.78 Å². The zero-order chi connectivity index (χ0) is 15.6. The van der Waals surface area contributed by atoms with E-state index in [0.29, 0.717) is 0 Å². The third kappa shape index (κ3) is 3.42. The van der Waals surface area contributed by atoms with Gasteiger partial charge in [0.05, 0.1) is 4.92 Å². The van der Waals surface area contributed by atoms with Crippen LogP contribution in [0.3, 0.4) is 0 Å². The third-order valence-electron chi connectivity index (χ3n) is 2.38. The Morgan fingerprint density at radius 2 is 1.90 bits per heavy atom. The maximum absolute atomic E-state index is 11.7. The highest BCUT2D eigenvalue weighted by molar-refractivity contribution is 7.90. The van der Waals surface area contributed by atoms with E-state index in [4.69, 9.17) is 4.74 Å². The van der Waals surface area contributed by atoms with Gasteiger partial charge in [-0.1, -0.05) is 0 Å². The molecule has 0 N–H and O–H groups in total. The molecule has 2 aromatic rings. The van der Waals surface area contributed by atoms with Gasteiger partial charge in [0.2, 0.25) is 0 Å². The molecule has 0 fully saturated rings. The molecule has 1 aromatic carbocycles. The van der Waals surface area contributed by atoms with Crippen LogP contribution in [-0.4, -0.2) is 35.5 Å². The number of nitro groups is 1. The second-order valence-corrected chi connectivity index (χ2v) is 5.95. The average Bonchev–Trinajstić information content (AvgIpc) is 2.88. The van der Waals surface area contributed by atoms with Crippen molar-refractivity contribution in [3.8, 4) is 5.75 Å². The molecule has 0 aliphatic carbocycles. The lowest BCUT2D eigenvalue weighted by Crippen LogP contribution is -2.17. The molecule has 0 amide bonds. The molecule has 0 bridgehead atoms. The normalized spacial score (nSPS) is 11.1. The Morgan fingerprint density at radius 3 is 2.38 bits per heavy atom. The van der Waals surface area contributed by atoms with E-state index in [9.17, 15) is 23.3 Å². The summed E-state index contributed by atoms with van der Waals surface area (Å²) in [7, 11) is -3.52. The maximum Gasteiger partial charge on any atom is 0.440 e. The molecule has 0 saturated heterocycles. The Labute approximate surface area is 118 Å². The van der Waals surface area contributed by atoms with Crippen molar-refractivity contribution < 1.29 is 22.9 Å². The van der Waals surface area contributed by atoms with Crippen molar-refractivity contribution in [3.05, 3.63) is 46.6 Å². The molecule has 1 aromatic heterocycles. The maximum atomic E-state index is 11.7. The quantitative estimate of drug-likeness (QED) is 0.617. The predicted octanol–water partition coefficient (Wildman–Crippen LogP) is 1.24. The Kier molecular flexibility index (Phi) is 3.72. The van der Waals surface area contributed by atoms with Gasteiger partial charge in [0.25, 0.3) is 5.69 Å². The number of ether oxygens (including phenoxy) is 1. The fraction of sp³-hybridized carbons (Fsp3) is 0.0909. The van der Waals surface area contributed by atoms with E-state index < -0.39 is 20.9 Å². The molecule has 21 heavy (non-hydrogen) atoms. The smallest absolute Gasteiger partial charge is 0.409 e. The van der Waals surface area contributed by atoms with E-state index in [1.807, 2.05) is 0 Å². The van der Waals surface area contributed by atoms with Crippen LogP contribution in [0.15, 0.2) is 41.6 Å². The molecule has 0 spiro atoms. The van der Waals surface area contributed by atoms with Crippen LogP contribution in [0.2, 0.25) is 0 Å². The van der Waals surface area contributed by atoms with Gasteiger partial charge >= 0.3 is 6.09 Å². The molecule has 0 atom stereocenters. The summed E-state index contributed by atoms with van der Waals surface area (Å²) in [6, 6.07) is 6.00. The lowest BCUT2D eigenvalue weighted by atomic mass is 10.3. The molecular weight excluding hydrogens is 302 g/mol. The summed E-state index contributed by atoms with van der Waals surface area (Å²) in [5.74, 6) is 0.0713. The number of hydrogen-bond donors (Lipinski definition) is 0. The second-order valence-electron chi connectivity index (χ2n) is 3.99. The van der Waals surface area contributed by atoms with E-state index in [2.05, 4.69) is 5.10 Å². The second kappa shape index (κ2) is 5.32. The standard InChI is InChI=1S/C11H9N3O6S/c1-21(18,19)10-6-7-13(12-10)11(15)20-9-4-2-8(3-5-9)14(16)17/h2-7H,1H3. The van der Waals surface area contributed by atoms with Gasteiger partial charge in [-0.2, -0.15) is 9.78 Å². The van der Waals surface area contributed by atoms with Gasteiger partial charge in [-0.15, -0.1) is 0 Å². The molecule has 0 radical (unpaired) electrons. The summed E-state index contributed by atoms with van der Waals surface area (Å²) in [5, 5.41) is 13.8. The van der Waals surface area contributed by atoms with Crippen molar-refractivity contribution in [1.29, 1.82) is 0 Å². The number of nitrogens with zero attached hydrogens (tertiary/aromatic N) is 3. The Bertz CT molecular complexity index is 794. The van der Waals surface area contributed by atoms with Crippen molar-refractivity contribution in [2.75, 3.05) is 6.26 Å². The van der Waals surface area contributed by atoms with Gasteiger partial charge in [0, 0.05) is 24.6 Å².